The van der Waals surface area contributed by atoms with Crippen LogP contribution in [-0.2, 0) is 26.5 Å². The first-order valence-corrected chi connectivity index (χ1v) is 4.76. The van der Waals surface area contributed by atoms with E-state index < -0.39 is 0 Å². The molecule has 0 amide bonds. The van der Waals surface area contributed by atoms with E-state index in [2.05, 4.69) is 6.92 Å². The molecule has 0 saturated heterocycles. The smallest absolute Gasteiger partial charge is 0 e. The van der Waals surface area contributed by atoms with E-state index in [4.69, 9.17) is 0 Å². The van der Waals surface area contributed by atoms with Gasteiger partial charge in [-0.15, -0.1) is 0 Å². The zero-order chi connectivity index (χ0) is 8.36. The summed E-state index contributed by atoms with van der Waals surface area (Å²) < 4.78 is 0. The van der Waals surface area contributed by atoms with Crippen LogP contribution in [0.5, 0.6) is 0 Å². The van der Waals surface area contributed by atoms with Crippen LogP contribution in [0.15, 0.2) is 0 Å². The molecule has 12 heavy (non-hydrogen) atoms. The van der Waals surface area contributed by atoms with Gasteiger partial charge in [0.2, 0.25) is 0 Å². The fourth-order valence-electron chi connectivity index (χ4n) is 1.15. The Morgan fingerprint density at radius 1 is 0.917 bits per heavy atom. The molecule has 0 aliphatic heterocycles. The molecule has 70 valence electrons. The van der Waals surface area contributed by atoms with Crippen molar-refractivity contribution in [1.82, 2.24) is 0 Å². The first kappa shape index (κ1) is 14.9. The van der Waals surface area contributed by atoms with Gasteiger partial charge in [-0.1, -0.05) is 51.9 Å². The molecule has 0 aliphatic rings. The maximum Gasteiger partial charge on any atom is 0 e. The van der Waals surface area contributed by atoms with Crippen LogP contribution in [0.1, 0.15) is 58.3 Å². The third-order valence-electron chi connectivity index (χ3n) is 1.88. The second-order valence-corrected chi connectivity index (χ2v) is 3.02. The monoisotopic (exact) mass is 203 g/mol. The predicted molar refractivity (Wildman–Crippen MR) is 48.3 cm³/mol. The molecular weight excluding hydrogens is 184 g/mol. The van der Waals surface area contributed by atoms with Crippen molar-refractivity contribution in [3.8, 4) is 0 Å². The predicted octanol–water partition coefficient (Wildman–Crippen LogP) is 3.23. The third kappa shape index (κ3) is 13.0. The second kappa shape index (κ2) is 13.9. The summed E-state index contributed by atoms with van der Waals surface area (Å²) in [5.41, 5.74) is 0. The molecule has 1 nitrogen and oxygen atoms in total. The SMILES string of the molecule is CCCCCCCCC[C-]=O.[Ti]. The van der Waals surface area contributed by atoms with Crippen LogP contribution in [0.2, 0.25) is 0 Å². The number of hydrogen-bond acceptors (Lipinski definition) is 1. The number of rotatable bonds is 8. The fraction of sp³-hybridized carbons (Fsp3) is 0.900. The van der Waals surface area contributed by atoms with Gasteiger partial charge in [0.1, 0.15) is 0 Å². The van der Waals surface area contributed by atoms with Crippen LogP contribution in [0.3, 0.4) is 0 Å². The molecule has 0 unspecified atom stereocenters. The zero-order valence-corrected chi connectivity index (χ0v) is 9.63. The van der Waals surface area contributed by atoms with Gasteiger partial charge in [-0.2, -0.15) is 6.42 Å². The molecule has 0 atom stereocenters. The molecule has 0 heterocycles. The Morgan fingerprint density at radius 2 is 1.42 bits per heavy atom. The molecule has 0 rings (SSSR count). The van der Waals surface area contributed by atoms with Gasteiger partial charge in [0.15, 0.2) is 0 Å². The Balaban J connectivity index is 0. The van der Waals surface area contributed by atoms with Crippen molar-refractivity contribution in [2.75, 3.05) is 0 Å². The maximum atomic E-state index is 9.82. The fourth-order valence-corrected chi connectivity index (χ4v) is 1.15. The van der Waals surface area contributed by atoms with Crippen LogP contribution >= 0.6 is 0 Å². The van der Waals surface area contributed by atoms with Crippen LogP contribution < -0.4 is 0 Å². The molecule has 0 bridgehead atoms. The van der Waals surface area contributed by atoms with Crippen molar-refractivity contribution < 1.29 is 26.5 Å². The maximum absolute atomic E-state index is 9.82. The molecule has 0 N–H and O–H groups in total. The average molecular weight is 203 g/mol. The van der Waals surface area contributed by atoms with Crippen molar-refractivity contribution in [3.05, 3.63) is 0 Å². The van der Waals surface area contributed by atoms with E-state index in [-0.39, 0.29) is 21.7 Å². The molecule has 0 saturated carbocycles. The molecule has 2 heteroatoms. The molecule has 0 spiro atoms. The van der Waals surface area contributed by atoms with E-state index in [0.29, 0.717) is 6.42 Å². The van der Waals surface area contributed by atoms with Crippen molar-refractivity contribution in [3.63, 3.8) is 0 Å². The van der Waals surface area contributed by atoms with E-state index >= 15 is 0 Å². The summed E-state index contributed by atoms with van der Waals surface area (Å²) in [4.78, 5) is 9.82. The van der Waals surface area contributed by atoms with Crippen LogP contribution in [0.4, 0.5) is 0 Å². The van der Waals surface area contributed by atoms with Gasteiger partial charge in [-0.25, -0.2) is 0 Å². The van der Waals surface area contributed by atoms with E-state index in [1.54, 1.807) is 0 Å². The van der Waals surface area contributed by atoms with Crippen molar-refractivity contribution in [2.24, 2.45) is 0 Å². The Bertz CT molecular complexity index is 83.9. The Labute approximate surface area is 91.2 Å². The first-order chi connectivity index (χ1) is 5.41. The molecule has 0 aromatic rings. The van der Waals surface area contributed by atoms with Crippen molar-refractivity contribution in [2.45, 2.75) is 58.3 Å². The minimum Gasteiger partial charge on any atom is -0.542 e. The molecular formula is C10H19OTi-. The normalized spacial score (nSPS) is 9.08. The van der Waals surface area contributed by atoms with E-state index in [0.717, 1.165) is 6.42 Å². The van der Waals surface area contributed by atoms with Gasteiger partial charge in [-0.3, -0.25) is 6.29 Å². The van der Waals surface area contributed by atoms with Crippen LogP contribution in [-0.4, -0.2) is 6.29 Å². The van der Waals surface area contributed by atoms with Crippen LogP contribution in [0.25, 0.3) is 0 Å². The van der Waals surface area contributed by atoms with Crippen molar-refractivity contribution >= 4 is 6.29 Å². The Kier molecular flexibility index (Phi) is 17.3. The van der Waals surface area contributed by atoms with Gasteiger partial charge in [0.05, 0.1) is 0 Å². The molecule has 0 fully saturated rings. The summed E-state index contributed by atoms with van der Waals surface area (Å²) in [7, 11) is 0. The number of hydrogen-bond donors (Lipinski definition) is 0. The topological polar surface area (TPSA) is 17.1 Å². The molecule has 0 radical (unpaired) electrons. The van der Waals surface area contributed by atoms with E-state index in [1.807, 2.05) is 6.29 Å². The largest absolute Gasteiger partial charge is 0.542 e. The number of unbranched alkanes of at least 4 members (excludes halogenated alkanes) is 7. The molecule has 0 aromatic heterocycles. The third-order valence-corrected chi connectivity index (χ3v) is 1.88. The summed E-state index contributed by atoms with van der Waals surface area (Å²) in [5, 5.41) is 0. The van der Waals surface area contributed by atoms with E-state index in [9.17, 15) is 4.79 Å². The van der Waals surface area contributed by atoms with Gasteiger partial charge in [-0.05, 0) is 0 Å². The molecule has 0 aromatic carbocycles. The quantitative estimate of drug-likeness (QED) is 0.336. The standard InChI is InChI=1S/C10H19O.Ti/c1-2-3-4-5-6-7-8-9-10-11;/h2-9H2,1H3;/q-1;. The summed E-state index contributed by atoms with van der Waals surface area (Å²) in [6, 6.07) is 0. The van der Waals surface area contributed by atoms with E-state index in [1.165, 1.54) is 38.5 Å². The minimum absolute atomic E-state index is 0. The average Bonchev–Trinajstić information content (AvgIpc) is 2.03. The summed E-state index contributed by atoms with van der Waals surface area (Å²) in [6.45, 7) is 2.22. The summed E-state index contributed by atoms with van der Waals surface area (Å²) in [5.74, 6) is 0. The Hall–Kier alpha value is 0.384. The van der Waals surface area contributed by atoms with Gasteiger partial charge < -0.3 is 4.79 Å². The molecule has 0 aliphatic carbocycles. The summed E-state index contributed by atoms with van der Waals surface area (Å²) in [6.07, 6.45) is 11.5. The van der Waals surface area contributed by atoms with Crippen molar-refractivity contribution in [1.29, 1.82) is 0 Å². The van der Waals surface area contributed by atoms with Gasteiger partial charge in [0.25, 0.3) is 0 Å². The Morgan fingerprint density at radius 3 is 1.92 bits per heavy atom. The summed E-state index contributed by atoms with van der Waals surface area (Å²) >= 11 is 0. The first-order valence-electron chi connectivity index (χ1n) is 4.76. The van der Waals surface area contributed by atoms with Crippen LogP contribution in [0, 0.1) is 0 Å². The minimum atomic E-state index is 0. The van der Waals surface area contributed by atoms with Gasteiger partial charge >= 0.3 is 0 Å². The zero-order valence-electron chi connectivity index (χ0n) is 8.07. The number of carbonyl (C=O) groups excluding carboxylic acids is 1. The second-order valence-electron chi connectivity index (χ2n) is 3.02. The van der Waals surface area contributed by atoms with Gasteiger partial charge in [0, 0.05) is 21.7 Å².